The van der Waals surface area contributed by atoms with Gasteiger partial charge in [-0.3, -0.25) is 4.79 Å². The predicted octanol–water partition coefficient (Wildman–Crippen LogP) is 3.68. The second-order valence-corrected chi connectivity index (χ2v) is 8.40. The number of fused-ring (bicyclic) bond motifs is 1. The van der Waals surface area contributed by atoms with Crippen LogP contribution in [0.3, 0.4) is 0 Å². The molecule has 148 valence electrons. The van der Waals surface area contributed by atoms with Gasteiger partial charge in [-0.15, -0.1) is 0 Å². The van der Waals surface area contributed by atoms with Gasteiger partial charge >= 0.3 is 6.09 Å². The third-order valence-corrected chi connectivity index (χ3v) is 5.02. The van der Waals surface area contributed by atoms with Gasteiger partial charge in [0.2, 0.25) is 0 Å². The normalized spacial score (nSPS) is 17.7. The maximum absolute atomic E-state index is 13.3. The summed E-state index contributed by atoms with van der Waals surface area (Å²) in [7, 11) is 0. The zero-order valence-corrected chi connectivity index (χ0v) is 16.6. The van der Waals surface area contributed by atoms with Crippen LogP contribution in [0.15, 0.2) is 18.1 Å². The molecule has 1 aliphatic heterocycles. The number of aromatic nitrogens is 1. The largest absolute Gasteiger partial charge is 0.444 e. The van der Waals surface area contributed by atoms with Gasteiger partial charge in [-0.25, -0.2) is 9.18 Å². The standard InChI is InChI=1S/C19H25ClFN3O3/c1-19(2,3)27-18(26)22-9-12(8-21)10-23-11-15-14(16(23)20)6-7-24(17(15)25)13-4-5-13/h8,11,13H,4-7,9-10H2,1-3H3,(H,22,26)/b12-8+. The number of alkyl carbamates (subject to hydrolysis) is 1. The molecule has 2 heterocycles. The number of hydrogen-bond donors (Lipinski definition) is 1. The fraction of sp³-hybridized carbons (Fsp3) is 0.579. The van der Waals surface area contributed by atoms with E-state index in [1.165, 1.54) is 0 Å². The molecular formula is C19H25ClFN3O3. The Kier molecular flexibility index (Phi) is 5.51. The minimum atomic E-state index is -0.625. The molecule has 0 bridgehead atoms. The van der Waals surface area contributed by atoms with Crippen LogP contribution in [0.1, 0.15) is 49.5 Å². The van der Waals surface area contributed by atoms with Gasteiger partial charge in [0.15, 0.2) is 0 Å². The third kappa shape index (κ3) is 4.64. The maximum Gasteiger partial charge on any atom is 0.407 e. The van der Waals surface area contributed by atoms with Gasteiger partial charge < -0.3 is 19.5 Å². The van der Waals surface area contributed by atoms with Crippen LogP contribution >= 0.6 is 11.6 Å². The van der Waals surface area contributed by atoms with Gasteiger partial charge in [0.25, 0.3) is 5.91 Å². The first-order chi connectivity index (χ1) is 12.7. The second kappa shape index (κ2) is 7.54. The summed E-state index contributed by atoms with van der Waals surface area (Å²) in [6.45, 7) is 6.08. The zero-order valence-electron chi connectivity index (χ0n) is 15.8. The zero-order chi connectivity index (χ0) is 19.8. The molecule has 0 saturated heterocycles. The van der Waals surface area contributed by atoms with Crippen molar-refractivity contribution in [1.82, 2.24) is 14.8 Å². The number of amides is 2. The Balaban J connectivity index is 1.65. The maximum atomic E-state index is 13.3. The van der Waals surface area contributed by atoms with E-state index in [9.17, 15) is 14.0 Å². The van der Waals surface area contributed by atoms with Gasteiger partial charge in [0, 0.05) is 37.4 Å². The minimum absolute atomic E-state index is 0.00272. The molecule has 1 aromatic heterocycles. The van der Waals surface area contributed by atoms with Gasteiger partial charge in [-0.2, -0.15) is 0 Å². The monoisotopic (exact) mass is 397 g/mol. The lowest BCUT2D eigenvalue weighted by molar-refractivity contribution is 0.0531. The number of carbonyl (C=O) groups is 2. The highest BCUT2D eigenvalue weighted by atomic mass is 35.5. The van der Waals surface area contributed by atoms with Gasteiger partial charge in [0.1, 0.15) is 10.8 Å². The van der Waals surface area contributed by atoms with Crippen LogP contribution < -0.4 is 5.32 Å². The van der Waals surface area contributed by atoms with Crippen LogP contribution in [0, 0.1) is 0 Å². The number of ether oxygens (including phenoxy) is 1. The van der Waals surface area contributed by atoms with Crippen molar-refractivity contribution in [2.24, 2.45) is 0 Å². The Morgan fingerprint density at radius 1 is 1.44 bits per heavy atom. The van der Waals surface area contributed by atoms with Gasteiger partial charge in [-0.05, 0) is 45.6 Å². The fourth-order valence-electron chi connectivity index (χ4n) is 3.18. The second-order valence-electron chi connectivity index (χ2n) is 8.04. The molecule has 8 heteroatoms. The third-order valence-electron chi connectivity index (χ3n) is 4.58. The topological polar surface area (TPSA) is 63.6 Å². The summed E-state index contributed by atoms with van der Waals surface area (Å²) in [4.78, 5) is 26.3. The van der Waals surface area contributed by atoms with Crippen LogP contribution in [0.5, 0.6) is 0 Å². The van der Waals surface area contributed by atoms with Crippen LogP contribution in [0.25, 0.3) is 0 Å². The van der Waals surface area contributed by atoms with E-state index in [1.807, 2.05) is 4.90 Å². The molecule has 0 atom stereocenters. The van der Waals surface area contributed by atoms with Crippen molar-refractivity contribution >= 4 is 23.6 Å². The van der Waals surface area contributed by atoms with E-state index in [2.05, 4.69) is 5.32 Å². The summed E-state index contributed by atoms with van der Waals surface area (Å²) in [5.41, 5.74) is 1.11. The molecule has 0 radical (unpaired) electrons. The number of nitrogens with one attached hydrogen (secondary N) is 1. The van der Waals surface area contributed by atoms with E-state index in [0.717, 1.165) is 18.4 Å². The van der Waals surface area contributed by atoms with Crippen LogP contribution in [0.4, 0.5) is 9.18 Å². The SMILES string of the molecule is CC(C)(C)OC(=O)NC/C(=C\F)Cn1cc2c(c1Cl)CCN(C1CC1)C2=O. The Morgan fingerprint density at radius 2 is 2.15 bits per heavy atom. The molecule has 2 aliphatic rings. The van der Waals surface area contributed by atoms with Crippen molar-refractivity contribution in [3.05, 3.63) is 34.4 Å². The summed E-state index contributed by atoms with van der Waals surface area (Å²) in [6.07, 6.45) is 4.33. The fourth-order valence-corrected chi connectivity index (χ4v) is 3.49. The van der Waals surface area contributed by atoms with Crippen molar-refractivity contribution in [2.75, 3.05) is 13.1 Å². The summed E-state index contributed by atoms with van der Waals surface area (Å²) >= 11 is 6.43. The average molecular weight is 398 g/mol. The molecule has 1 saturated carbocycles. The quantitative estimate of drug-likeness (QED) is 0.824. The molecule has 0 spiro atoms. The molecule has 0 unspecified atom stereocenters. The molecule has 0 aromatic carbocycles. The Hall–Kier alpha value is -2.02. The lowest BCUT2D eigenvalue weighted by Crippen LogP contribution is -2.38. The first kappa shape index (κ1) is 19.7. The van der Waals surface area contributed by atoms with E-state index >= 15 is 0 Å². The number of carbonyl (C=O) groups excluding carboxylic acids is 2. The Bertz CT molecular complexity index is 778. The van der Waals surface area contributed by atoms with E-state index in [0.29, 0.717) is 41.6 Å². The van der Waals surface area contributed by atoms with Crippen molar-refractivity contribution in [3.63, 3.8) is 0 Å². The minimum Gasteiger partial charge on any atom is -0.444 e. The number of halogens is 2. The lowest BCUT2D eigenvalue weighted by Gasteiger charge is -2.26. The van der Waals surface area contributed by atoms with E-state index in [1.54, 1.807) is 31.5 Å². The van der Waals surface area contributed by atoms with Crippen molar-refractivity contribution in [3.8, 4) is 0 Å². The molecule has 3 rings (SSSR count). The predicted molar refractivity (Wildman–Crippen MR) is 101 cm³/mol. The summed E-state index contributed by atoms with van der Waals surface area (Å²) in [6, 6.07) is 0.354. The molecule has 6 nitrogen and oxygen atoms in total. The van der Waals surface area contributed by atoms with Crippen LogP contribution in [0.2, 0.25) is 5.15 Å². The highest BCUT2D eigenvalue weighted by Gasteiger charge is 2.37. The van der Waals surface area contributed by atoms with Gasteiger partial charge in [-0.1, -0.05) is 11.6 Å². The highest BCUT2D eigenvalue weighted by Crippen LogP contribution is 2.35. The number of hydrogen-bond acceptors (Lipinski definition) is 3. The van der Waals surface area contributed by atoms with Crippen molar-refractivity contribution in [1.29, 1.82) is 0 Å². The van der Waals surface area contributed by atoms with Crippen LogP contribution in [-0.2, 0) is 17.7 Å². The number of nitrogens with zero attached hydrogens (tertiary/aromatic N) is 2. The van der Waals surface area contributed by atoms with Crippen molar-refractivity contribution in [2.45, 2.75) is 58.2 Å². The van der Waals surface area contributed by atoms with Crippen LogP contribution in [-0.4, -0.2) is 46.2 Å². The van der Waals surface area contributed by atoms with Gasteiger partial charge in [0.05, 0.1) is 11.9 Å². The van der Waals surface area contributed by atoms with E-state index < -0.39 is 11.7 Å². The Morgan fingerprint density at radius 3 is 2.74 bits per heavy atom. The molecular weight excluding hydrogens is 373 g/mol. The molecule has 27 heavy (non-hydrogen) atoms. The highest BCUT2D eigenvalue weighted by molar-refractivity contribution is 6.31. The summed E-state index contributed by atoms with van der Waals surface area (Å²) in [5.74, 6) is -0.00272. The molecule has 1 fully saturated rings. The molecule has 2 amide bonds. The number of rotatable bonds is 5. The van der Waals surface area contributed by atoms with E-state index in [-0.39, 0.29) is 19.0 Å². The summed E-state index contributed by atoms with van der Waals surface area (Å²) < 4.78 is 20.1. The molecule has 1 aromatic rings. The lowest BCUT2D eigenvalue weighted by atomic mass is 10.0. The van der Waals surface area contributed by atoms with Crippen molar-refractivity contribution < 1.29 is 18.7 Å². The van der Waals surface area contributed by atoms with E-state index in [4.69, 9.17) is 16.3 Å². The average Bonchev–Trinajstić information content (AvgIpc) is 3.36. The smallest absolute Gasteiger partial charge is 0.407 e. The molecule has 1 N–H and O–H groups in total. The Labute approximate surface area is 163 Å². The first-order valence-corrected chi connectivity index (χ1v) is 9.51. The first-order valence-electron chi connectivity index (χ1n) is 9.13. The molecule has 1 aliphatic carbocycles. The summed E-state index contributed by atoms with van der Waals surface area (Å²) in [5, 5.41) is 2.98.